The van der Waals surface area contributed by atoms with Crippen LogP contribution in [0.15, 0.2) is 35.7 Å². The standard InChI is InChI=1S/C18H19NO3S/c1-12(16-6-3-9-23-16)19-17(20)11-22-18(21)15-8-7-13-4-2-5-14(13)10-15/h3,6-10,12H,2,4-5,11H2,1H3,(H,19,20)/t12-/m0/s1. The van der Waals surface area contributed by atoms with Crippen molar-refractivity contribution in [3.63, 3.8) is 0 Å². The lowest BCUT2D eigenvalue weighted by molar-refractivity contribution is -0.124. The third-order valence-corrected chi connectivity index (χ3v) is 5.07. The lowest BCUT2D eigenvalue weighted by Crippen LogP contribution is -2.30. The van der Waals surface area contributed by atoms with Gasteiger partial charge in [0.2, 0.25) is 0 Å². The number of hydrogen-bond acceptors (Lipinski definition) is 4. The Hall–Kier alpha value is -2.14. The molecule has 0 saturated carbocycles. The van der Waals surface area contributed by atoms with Crippen molar-refractivity contribution >= 4 is 23.2 Å². The summed E-state index contributed by atoms with van der Waals surface area (Å²) in [6.07, 6.45) is 3.22. The Kier molecular flexibility index (Phi) is 4.76. The second-order valence-corrected chi connectivity index (χ2v) is 6.70. The Bertz CT molecular complexity index is 709. The third-order valence-electron chi connectivity index (χ3n) is 4.02. The smallest absolute Gasteiger partial charge is 0.338 e. The topological polar surface area (TPSA) is 55.4 Å². The van der Waals surface area contributed by atoms with Crippen LogP contribution >= 0.6 is 11.3 Å². The Labute approximate surface area is 139 Å². The molecule has 0 bridgehead atoms. The zero-order valence-corrected chi connectivity index (χ0v) is 13.8. The minimum atomic E-state index is -0.446. The summed E-state index contributed by atoms with van der Waals surface area (Å²) in [5, 5.41) is 4.79. The van der Waals surface area contributed by atoms with Gasteiger partial charge in [-0.15, -0.1) is 11.3 Å². The van der Waals surface area contributed by atoms with Crippen LogP contribution in [0.2, 0.25) is 0 Å². The first kappa shape index (κ1) is 15.7. The van der Waals surface area contributed by atoms with Crippen molar-refractivity contribution in [2.45, 2.75) is 32.2 Å². The molecule has 0 saturated heterocycles. The molecule has 0 radical (unpaired) electrons. The molecule has 0 fully saturated rings. The highest BCUT2D eigenvalue weighted by molar-refractivity contribution is 7.10. The maximum Gasteiger partial charge on any atom is 0.338 e. The number of hydrogen-bond donors (Lipinski definition) is 1. The van der Waals surface area contributed by atoms with Gasteiger partial charge >= 0.3 is 5.97 Å². The molecule has 1 aromatic heterocycles. The molecule has 1 amide bonds. The molecular weight excluding hydrogens is 310 g/mol. The average molecular weight is 329 g/mol. The lowest BCUT2D eigenvalue weighted by atomic mass is 10.1. The van der Waals surface area contributed by atoms with Gasteiger partial charge in [-0.1, -0.05) is 12.1 Å². The largest absolute Gasteiger partial charge is 0.452 e. The fourth-order valence-electron chi connectivity index (χ4n) is 2.81. The SMILES string of the molecule is C[C@H](NC(=O)COC(=O)c1ccc2c(c1)CCC2)c1cccs1. The van der Waals surface area contributed by atoms with Gasteiger partial charge in [-0.25, -0.2) is 4.79 Å². The van der Waals surface area contributed by atoms with Crippen molar-refractivity contribution in [3.8, 4) is 0 Å². The van der Waals surface area contributed by atoms with E-state index >= 15 is 0 Å². The summed E-state index contributed by atoms with van der Waals surface area (Å²) in [6, 6.07) is 9.47. The van der Waals surface area contributed by atoms with E-state index in [2.05, 4.69) is 5.32 Å². The average Bonchev–Trinajstić information content (AvgIpc) is 3.22. The number of thiophene rings is 1. The minimum Gasteiger partial charge on any atom is -0.452 e. The summed E-state index contributed by atoms with van der Waals surface area (Å²) in [5.74, 6) is -0.737. The summed E-state index contributed by atoms with van der Waals surface area (Å²) in [4.78, 5) is 25.0. The van der Waals surface area contributed by atoms with Crippen molar-refractivity contribution < 1.29 is 14.3 Å². The number of fused-ring (bicyclic) bond motifs is 1. The van der Waals surface area contributed by atoms with Crippen LogP contribution in [0, 0.1) is 0 Å². The van der Waals surface area contributed by atoms with Crippen LogP contribution in [-0.4, -0.2) is 18.5 Å². The number of amides is 1. The fraction of sp³-hybridized carbons (Fsp3) is 0.333. The Morgan fingerprint density at radius 2 is 2.09 bits per heavy atom. The molecule has 1 aliphatic carbocycles. The summed E-state index contributed by atoms with van der Waals surface area (Å²) in [5.41, 5.74) is 3.05. The first-order chi connectivity index (χ1) is 11.1. The van der Waals surface area contributed by atoms with E-state index in [9.17, 15) is 9.59 Å². The summed E-state index contributed by atoms with van der Waals surface area (Å²) in [7, 11) is 0. The molecule has 1 aromatic carbocycles. The van der Waals surface area contributed by atoms with Gasteiger partial charge in [0.1, 0.15) is 0 Å². The highest BCUT2D eigenvalue weighted by Gasteiger charge is 2.16. The quantitative estimate of drug-likeness (QED) is 0.857. The number of carbonyl (C=O) groups excluding carboxylic acids is 2. The van der Waals surface area contributed by atoms with Crippen LogP contribution in [0.4, 0.5) is 0 Å². The maximum absolute atomic E-state index is 12.1. The van der Waals surface area contributed by atoms with Gasteiger partial charge in [0, 0.05) is 4.88 Å². The molecule has 23 heavy (non-hydrogen) atoms. The van der Waals surface area contributed by atoms with Gasteiger partial charge in [0.05, 0.1) is 11.6 Å². The van der Waals surface area contributed by atoms with Crippen LogP contribution in [0.5, 0.6) is 0 Å². The predicted molar refractivity (Wildman–Crippen MR) is 89.6 cm³/mol. The fourth-order valence-corrected chi connectivity index (χ4v) is 3.54. The Morgan fingerprint density at radius 3 is 2.87 bits per heavy atom. The van der Waals surface area contributed by atoms with Crippen molar-refractivity contribution in [3.05, 3.63) is 57.3 Å². The lowest BCUT2D eigenvalue weighted by Gasteiger charge is -2.12. The number of ether oxygens (including phenoxy) is 1. The molecular formula is C18H19NO3S. The van der Waals surface area contributed by atoms with Crippen molar-refractivity contribution in [1.82, 2.24) is 5.32 Å². The molecule has 5 heteroatoms. The number of rotatable bonds is 5. The van der Waals surface area contributed by atoms with Gasteiger partial charge in [-0.2, -0.15) is 0 Å². The van der Waals surface area contributed by atoms with Gasteiger partial charge in [-0.05, 0) is 60.9 Å². The van der Waals surface area contributed by atoms with Crippen LogP contribution in [0.1, 0.15) is 45.7 Å². The first-order valence-electron chi connectivity index (χ1n) is 7.75. The van der Waals surface area contributed by atoms with Crippen LogP contribution in [0.25, 0.3) is 0 Å². The first-order valence-corrected chi connectivity index (χ1v) is 8.63. The molecule has 4 nitrogen and oxygen atoms in total. The number of aryl methyl sites for hydroxylation is 2. The van der Waals surface area contributed by atoms with E-state index in [1.54, 1.807) is 17.4 Å². The Balaban J connectivity index is 1.51. The number of benzene rings is 1. The minimum absolute atomic E-state index is 0.0822. The molecule has 120 valence electrons. The molecule has 0 aliphatic heterocycles. The third kappa shape index (κ3) is 3.79. The van der Waals surface area contributed by atoms with Gasteiger partial charge in [0.15, 0.2) is 6.61 Å². The van der Waals surface area contributed by atoms with E-state index in [0.717, 1.165) is 24.1 Å². The van der Waals surface area contributed by atoms with Crippen molar-refractivity contribution in [2.75, 3.05) is 6.61 Å². The number of carbonyl (C=O) groups is 2. The molecule has 3 rings (SSSR count). The van der Waals surface area contributed by atoms with Gasteiger partial charge < -0.3 is 10.1 Å². The van der Waals surface area contributed by atoms with Crippen molar-refractivity contribution in [2.24, 2.45) is 0 Å². The van der Waals surface area contributed by atoms with Crippen molar-refractivity contribution in [1.29, 1.82) is 0 Å². The van der Waals surface area contributed by atoms with E-state index in [0.29, 0.717) is 5.56 Å². The monoisotopic (exact) mass is 329 g/mol. The second-order valence-electron chi connectivity index (χ2n) is 5.72. The summed E-state index contributed by atoms with van der Waals surface area (Å²) >= 11 is 1.58. The summed E-state index contributed by atoms with van der Waals surface area (Å²) < 4.78 is 5.12. The van der Waals surface area contributed by atoms with E-state index < -0.39 is 5.97 Å². The molecule has 0 spiro atoms. The normalized spacial score (nSPS) is 14.1. The van der Waals surface area contributed by atoms with Crippen LogP contribution < -0.4 is 5.32 Å². The zero-order chi connectivity index (χ0) is 16.2. The van der Waals surface area contributed by atoms with E-state index in [4.69, 9.17) is 4.74 Å². The maximum atomic E-state index is 12.1. The zero-order valence-electron chi connectivity index (χ0n) is 13.0. The molecule has 1 aliphatic rings. The van der Waals surface area contributed by atoms with E-state index in [1.807, 2.05) is 36.6 Å². The molecule has 1 N–H and O–H groups in total. The second kappa shape index (κ2) is 6.96. The highest BCUT2D eigenvalue weighted by atomic mass is 32.1. The molecule has 0 unspecified atom stereocenters. The van der Waals surface area contributed by atoms with Crippen LogP contribution in [-0.2, 0) is 22.4 Å². The van der Waals surface area contributed by atoms with E-state index in [-0.39, 0.29) is 18.6 Å². The summed E-state index contributed by atoms with van der Waals surface area (Å²) in [6.45, 7) is 1.65. The molecule has 1 heterocycles. The predicted octanol–water partition coefficient (Wildman–Crippen LogP) is 3.27. The number of esters is 1. The Morgan fingerprint density at radius 1 is 1.26 bits per heavy atom. The molecule has 2 aromatic rings. The van der Waals surface area contributed by atoms with Gasteiger partial charge in [0.25, 0.3) is 5.91 Å². The highest BCUT2D eigenvalue weighted by Crippen LogP contribution is 2.23. The molecule has 1 atom stereocenters. The van der Waals surface area contributed by atoms with Crippen LogP contribution in [0.3, 0.4) is 0 Å². The van der Waals surface area contributed by atoms with E-state index in [1.165, 1.54) is 11.1 Å². The van der Waals surface area contributed by atoms with Gasteiger partial charge in [-0.3, -0.25) is 4.79 Å². The number of nitrogens with one attached hydrogen (secondary N) is 1.